The first-order chi connectivity index (χ1) is 6.40. The lowest BCUT2D eigenvalue weighted by Crippen LogP contribution is -2.46. The first-order valence-electron chi connectivity index (χ1n) is 3.52. The molecule has 0 radical (unpaired) electrons. The summed E-state index contributed by atoms with van der Waals surface area (Å²) in [4.78, 5) is 7.04. The van der Waals surface area contributed by atoms with E-state index in [1.54, 1.807) is 0 Å². The number of rotatable bonds is 1. The lowest BCUT2D eigenvalue weighted by Gasteiger charge is -2.18. The van der Waals surface area contributed by atoms with Gasteiger partial charge in [-0.25, -0.2) is 4.99 Å². The second-order valence-corrected chi connectivity index (χ2v) is 2.28. The predicted molar refractivity (Wildman–Crippen MR) is 42.2 cm³/mol. The maximum atomic E-state index is 11.8. The number of hydrogen-bond donors (Lipinski definition) is 3. The maximum Gasteiger partial charge on any atom is 0.575 e. The highest BCUT2D eigenvalue weighted by Gasteiger charge is 2.34. The Balaban J connectivity index is 2.67. The van der Waals surface area contributed by atoms with Crippen LogP contribution < -0.4 is 16.4 Å². The first kappa shape index (κ1) is 10.6. The molecule has 0 aromatic heterocycles. The van der Waals surface area contributed by atoms with Crippen molar-refractivity contribution in [2.75, 3.05) is 7.05 Å². The Morgan fingerprint density at radius 3 is 2.64 bits per heavy atom. The fraction of sp³-hybridized carbons (Fsp3) is 0.600. The Morgan fingerprint density at radius 1 is 1.50 bits per heavy atom. The van der Waals surface area contributed by atoms with Gasteiger partial charge in [-0.3, -0.25) is 10.6 Å². The molecule has 1 atom stereocenters. The number of alkyl halides is 3. The van der Waals surface area contributed by atoms with Crippen molar-refractivity contribution in [2.24, 2.45) is 15.7 Å². The van der Waals surface area contributed by atoms with Crippen LogP contribution in [0.25, 0.3) is 0 Å². The molecule has 0 bridgehead atoms. The van der Waals surface area contributed by atoms with Crippen molar-refractivity contribution in [3.05, 3.63) is 0 Å². The smallest absolute Gasteiger partial charge is 0.372 e. The molecule has 0 saturated heterocycles. The fourth-order valence-electron chi connectivity index (χ4n) is 0.736. The summed E-state index contributed by atoms with van der Waals surface area (Å²) in [5.74, 6) is -0.196. The molecule has 1 aliphatic rings. The van der Waals surface area contributed by atoms with Crippen LogP contribution >= 0.6 is 0 Å². The van der Waals surface area contributed by atoms with Crippen molar-refractivity contribution in [3.63, 3.8) is 0 Å². The quantitative estimate of drug-likeness (QED) is 0.535. The number of nitrogens with one attached hydrogen (secondary N) is 2. The standard InChI is InChI=1S/C5H8F3N5O/c1-10-3-11-2(9)12-4(13-3)14-5(6,7)8/h3,10H,1H3,(H3,9,11,12,13). The number of halogens is 3. The van der Waals surface area contributed by atoms with Crippen LogP contribution in [-0.2, 0) is 4.74 Å². The predicted octanol–water partition coefficient (Wildman–Crippen LogP) is -0.700. The molecule has 0 amide bonds. The molecule has 0 aromatic rings. The summed E-state index contributed by atoms with van der Waals surface area (Å²) >= 11 is 0. The van der Waals surface area contributed by atoms with Crippen LogP contribution in [0, 0.1) is 0 Å². The lowest BCUT2D eigenvalue weighted by molar-refractivity contribution is -0.284. The van der Waals surface area contributed by atoms with E-state index >= 15 is 0 Å². The van der Waals surface area contributed by atoms with Crippen molar-refractivity contribution in [1.82, 2.24) is 10.6 Å². The van der Waals surface area contributed by atoms with Gasteiger partial charge in [0, 0.05) is 0 Å². The molecule has 1 unspecified atom stereocenters. The van der Waals surface area contributed by atoms with Gasteiger partial charge in [-0.2, -0.15) is 4.99 Å². The van der Waals surface area contributed by atoms with E-state index in [4.69, 9.17) is 5.73 Å². The summed E-state index contributed by atoms with van der Waals surface area (Å²) in [6, 6.07) is -0.732. The Morgan fingerprint density at radius 2 is 2.14 bits per heavy atom. The number of guanidine groups is 1. The third-order valence-electron chi connectivity index (χ3n) is 1.21. The lowest BCUT2D eigenvalue weighted by atomic mass is 10.7. The van der Waals surface area contributed by atoms with Gasteiger partial charge in [0.1, 0.15) is 0 Å². The first-order valence-corrected chi connectivity index (χ1v) is 3.52. The van der Waals surface area contributed by atoms with Crippen LogP contribution in [0.5, 0.6) is 0 Å². The topological polar surface area (TPSA) is 84.0 Å². The minimum Gasteiger partial charge on any atom is -0.372 e. The molecule has 0 spiro atoms. The molecule has 1 heterocycles. The van der Waals surface area contributed by atoms with E-state index in [-0.39, 0.29) is 5.96 Å². The largest absolute Gasteiger partial charge is 0.575 e. The van der Waals surface area contributed by atoms with Gasteiger partial charge in [-0.05, 0) is 7.05 Å². The molecule has 4 N–H and O–H groups in total. The second-order valence-electron chi connectivity index (χ2n) is 2.28. The van der Waals surface area contributed by atoms with E-state index in [2.05, 4.69) is 20.0 Å². The highest BCUT2D eigenvalue weighted by molar-refractivity contribution is 5.96. The number of ether oxygens (including phenoxy) is 1. The van der Waals surface area contributed by atoms with Crippen LogP contribution in [0.15, 0.2) is 9.98 Å². The zero-order valence-electron chi connectivity index (χ0n) is 7.09. The Kier molecular flexibility index (Phi) is 2.79. The van der Waals surface area contributed by atoms with Crippen LogP contribution in [0.1, 0.15) is 0 Å². The molecule has 0 aliphatic carbocycles. The van der Waals surface area contributed by atoms with Gasteiger partial charge in [0.25, 0.3) is 0 Å². The van der Waals surface area contributed by atoms with Crippen molar-refractivity contribution >= 4 is 12.0 Å². The number of amidine groups is 1. The Bertz CT molecular complexity index is 273. The summed E-state index contributed by atoms with van der Waals surface area (Å²) in [6.07, 6.45) is -5.67. The summed E-state index contributed by atoms with van der Waals surface area (Å²) in [5, 5.41) is 4.54. The van der Waals surface area contributed by atoms with Gasteiger partial charge >= 0.3 is 12.4 Å². The molecule has 9 heteroatoms. The van der Waals surface area contributed by atoms with Gasteiger partial charge in [-0.15, -0.1) is 13.2 Å². The average Bonchev–Trinajstić information content (AvgIpc) is 1.99. The minimum absolute atomic E-state index is 0.196. The monoisotopic (exact) mass is 211 g/mol. The summed E-state index contributed by atoms with van der Waals surface area (Å²) < 4.78 is 38.8. The zero-order valence-corrected chi connectivity index (χ0v) is 7.09. The van der Waals surface area contributed by atoms with Gasteiger partial charge in [0.05, 0.1) is 0 Å². The second kappa shape index (κ2) is 3.70. The van der Waals surface area contributed by atoms with Crippen molar-refractivity contribution < 1.29 is 17.9 Å². The molecule has 0 fully saturated rings. The van der Waals surface area contributed by atoms with E-state index in [1.165, 1.54) is 7.05 Å². The average molecular weight is 211 g/mol. The molecular formula is C5H8F3N5O. The van der Waals surface area contributed by atoms with E-state index in [1.807, 2.05) is 5.32 Å². The minimum atomic E-state index is -4.80. The highest BCUT2D eigenvalue weighted by atomic mass is 19.4. The van der Waals surface area contributed by atoms with Crippen molar-refractivity contribution in [1.29, 1.82) is 0 Å². The molecule has 6 nitrogen and oxygen atoms in total. The van der Waals surface area contributed by atoms with Crippen molar-refractivity contribution in [2.45, 2.75) is 12.7 Å². The van der Waals surface area contributed by atoms with Crippen LogP contribution in [-0.4, -0.2) is 31.7 Å². The Labute approximate surface area is 77.0 Å². The zero-order chi connectivity index (χ0) is 10.8. The fourth-order valence-corrected chi connectivity index (χ4v) is 0.736. The molecule has 14 heavy (non-hydrogen) atoms. The van der Waals surface area contributed by atoms with Crippen LogP contribution in [0.4, 0.5) is 13.2 Å². The van der Waals surface area contributed by atoms with Crippen molar-refractivity contribution in [3.8, 4) is 0 Å². The highest BCUT2D eigenvalue weighted by Crippen LogP contribution is 2.16. The van der Waals surface area contributed by atoms with E-state index in [9.17, 15) is 13.2 Å². The van der Waals surface area contributed by atoms with E-state index < -0.39 is 18.7 Å². The van der Waals surface area contributed by atoms with Crippen LogP contribution in [0.3, 0.4) is 0 Å². The molecule has 1 rings (SSSR count). The Hall–Kier alpha value is -1.51. The molecular weight excluding hydrogens is 203 g/mol. The third-order valence-corrected chi connectivity index (χ3v) is 1.21. The van der Waals surface area contributed by atoms with Gasteiger partial charge < -0.3 is 10.5 Å². The van der Waals surface area contributed by atoms with Gasteiger partial charge in [0.15, 0.2) is 5.96 Å². The number of hydrogen-bond acceptors (Lipinski definition) is 6. The molecule has 80 valence electrons. The van der Waals surface area contributed by atoms with E-state index in [0.717, 1.165) is 0 Å². The van der Waals surface area contributed by atoms with Gasteiger partial charge in [-0.1, -0.05) is 0 Å². The van der Waals surface area contributed by atoms with E-state index in [0.29, 0.717) is 0 Å². The SMILES string of the molecule is CNC1N=C(N)NC(OC(F)(F)F)=N1. The number of nitrogens with zero attached hydrogens (tertiary/aromatic N) is 2. The molecule has 1 aliphatic heterocycles. The maximum absolute atomic E-state index is 11.8. The summed E-state index contributed by atoms with van der Waals surface area (Å²) in [6.45, 7) is 0. The van der Waals surface area contributed by atoms with Gasteiger partial charge in [0.2, 0.25) is 6.29 Å². The molecule has 0 aromatic carbocycles. The summed E-state index contributed by atoms with van der Waals surface area (Å²) in [5.41, 5.74) is 5.18. The normalized spacial score (nSPS) is 22.1. The number of nitrogens with two attached hydrogens (primary N) is 1. The third kappa shape index (κ3) is 3.09. The number of aliphatic imine (C=N–C) groups is 2. The molecule has 0 saturated carbocycles. The summed E-state index contributed by atoms with van der Waals surface area (Å²) in [7, 11) is 1.47. The van der Waals surface area contributed by atoms with Crippen LogP contribution in [0.2, 0.25) is 0 Å².